The summed E-state index contributed by atoms with van der Waals surface area (Å²) in [6, 6.07) is 16.2. The van der Waals surface area contributed by atoms with Crippen LogP contribution in [0, 0.1) is 0 Å². The summed E-state index contributed by atoms with van der Waals surface area (Å²) in [7, 11) is 0. The molecule has 2 aromatic heterocycles. The lowest BCUT2D eigenvalue weighted by Gasteiger charge is -2.08. The van der Waals surface area contributed by atoms with Gasteiger partial charge in [-0.2, -0.15) is 0 Å². The summed E-state index contributed by atoms with van der Waals surface area (Å²) < 4.78 is 8.76. The second-order valence-electron chi connectivity index (χ2n) is 4.27. The van der Waals surface area contributed by atoms with Gasteiger partial charge >= 0.3 is 0 Å². The zero-order chi connectivity index (χ0) is 13.1. The van der Waals surface area contributed by atoms with Gasteiger partial charge in [0.25, 0.3) is 0 Å². The molecule has 4 heteroatoms. The van der Waals surface area contributed by atoms with E-state index in [2.05, 4.69) is 33.0 Å². The molecule has 0 saturated heterocycles. The molecule has 0 aliphatic rings. The molecule has 3 nitrogen and oxygen atoms in total. The normalized spacial score (nSPS) is 11.0. The average Bonchev–Trinajstić information content (AvgIpc) is 2.83. The smallest absolute Gasteiger partial charge is 0.137 e. The third kappa shape index (κ3) is 2.69. The summed E-state index contributed by atoms with van der Waals surface area (Å²) in [4.78, 5) is 4.31. The third-order valence-corrected chi connectivity index (χ3v) is 3.49. The van der Waals surface area contributed by atoms with Crippen molar-refractivity contribution in [2.24, 2.45) is 0 Å². The van der Waals surface area contributed by atoms with Crippen LogP contribution in [0.3, 0.4) is 0 Å². The molecule has 0 fully saturated rings. The third-order valence-electron chi connectivity index (χ3n) is 2.93. The van der Waals surface area contributed by atoms with Gasteiger partial charge in [0.1, 0.15) is 10.3 Å². The van der Waals surface area contributed by atoms with Gasteiger partial charge in [-0.25, -0.2) is 4.98 Å². The Hall–Kier alpha value is -1.65. The number of hydrogen-bond donors (Lipinski definition) is 0. The number of fused-ring (bicyclic) bond motifs is 1. The van der Waals surface area contributed by atoms with Crippen molar-refractivity contribution in [3.05, 3.63) is 70.6 Å². The topological polar surface area (TPSA) is 26.5 Å². The Labute approximate surface area is 120 Å². The van der Waals surface area contributed by atoms with Gasteiger partial charge in [-0.1, -0.05) is 36.4 Å². The molecule has 0 amide bonds. The minimum absolute atomic E-state index is 0.557. The van der Waals surface area contributed by atoms with Crippen LogP contribution in [0.1, 0.15) is 11.3 Å². The number of nitrogens with zero attached hydrogens (tertiary/aromatic N) is 2. The van der Waals surface area contributed by atoms with Crippen molar-refractivity contribution in [2.45, 2.75) is 13.2 Å². The first-order chi connectivity index (χ1) is 9.34. The van der Waals surface area contributed by atoms with E-state index in [0.29, 0.717) is 13.2 Å². The molecule has 0 N–H and O–H groups in total. The standard InChI is InChI=1S/C15H13BrN2O/c16-14-9-17-15-8-4-7-13(18(14)15)11-19-10-12-5-2-1-3-6-12/h1-9H,10-11H2. The molecule has 2 heterocycles. The van der Waals surface area contributed by atoms with Crippen LogP contribution in [0.4, 0.5) is 0 Å². The van der Waals surface area contributed by atoms with Crippen molar-refractivity contribution >= 4 is 21.6 Å². The molecule has 0 radical (unpaired) electrons. The van der Waals surface area contributed by atoms with E-state index in [1.54, 1.807) is 6.20 Å². The quantitative estimate of drug-likeness (QED) is 0.731. The molecule has 96 valence electrons. The monoisotopic (exact) mass is 316 g/mol. The number of ether oxygens (including phenoxy) is 1. The number of pyridine rings is 1. The Morgan fingerprint density at radius 3 is 2.68 bits per heavy atom. The number of aromatic nitrogens is 2. The number of imidazole rings is 1. The van der Waals surface area contributed by atoms with Crippen LogP contribution in [0.5, 0.6) is 0 Å². The van der Waals surface area contributed by atoms with Crippen LogP contribution >= 0.6 is 15.9 Å². The highest BCUT2D eigenvalue weighted by Crippen LogP contribution is 2.16. The molecule has 0 atom stereocenters. The van der Waals surface area contributed by atoms with E-state index in [1.165, 1.54) is 5.56 Å². The summed E-state index contributed by atoms with van der Waals surface area (Å²) in [5.74, 6) is 0. The van der Waals surface area contributed by atoms with Crippen molar-refractivity contribution in [2.75, 3.05) is 0 Å². The lowest BCUT2D eigenvalue weighted by atomic mass is 10.2. The van der Waals surface area contributed by atoms with Crippen molar-refractivity contribution < 1.29 is 4.74 Å². The Bertz CT molecular complexity index is 679. The molecule has 1 aromatic carbocycles. The largest absolute Gasteiger partial charge is 0.371 e. The number of rotatable bonds is 4. The average molecular weight is 317 g/mol. The highest BCUT2D eigenvalue weighted by Gasteiger charge is 2.05. The fourth-order valence-electron chi connectivity index (χ4n) is 2.03. The molecule has 0 aliphatic heterocycles. The van der Waals surface area contributed by atoms with Gasteiger partial charge in [-0.3, -0.25) is 4.40 Å². The SMILES string of the molecule is Brc1cnc2cccc(COCc3ccccc3)n12. The Kier molecular flexibility index (Phi) is 3.62. The Morgan fingerprint density at radius 2 is 1.84 bits per heavy atom. The van der Waals surface area contributed by atoms with E-state index in [0.717, 1.165) is 15.9 Å². The van der Waals surface area contributed by atoms with E-state index < -0.39 is 0 Å². The van der Waals surface area contributed by atoms with Gasteiger partial charge in [-0.15, -0.1) is 0 Å². The summed E-state index contributed by atoms with van der Waals surface area (Å²) in [6.45, 7) is 1.17. The molecule has 3 aromatic rings. The van der Waals surface area contributed by atoms with Crippen LogP contribution < -0.4 is 0 Å². The molecule has 0 saturated carbocycles. The predicted molar refractivity (Wildman–Crippen MR) is 77.8 cm³/mol. The maximum absolute atomic E-state index is 5.77. The van der Waals surface area contributed by atoms with E-state index in [1.807, 2.05) is 40.8 Å². The first kappa shape index (κ1) is 12.4. The summed E-state index contributed by atoms with van der Waals surface area (Å²) in [5, 5.41) is 0. The van der Waals surface area contributed by atoms with Crippen LogP contribution in [0.2, 0.25) is 0 Å². The minimum Gasteiger partial charge on any atom is -0.371 e. The van der Waals surface area contributed by atoms with Gasteiger partial charge in [-0.05, 0) is 33.6 Å². The second kappa shape index (κ2) is 5.55. The molecular weight excluding hydrogens is 304 g/mol. The lowest BCUT2D eigenvalue weighted by Crippen LogP contribution is -2.00. The fraction of sp³-hybridized carbons (Fsp3) is 0.133. The van der Waals surface area contributed by atoms with E-state index in [9.17, 15) is 0 Å². The van der Waals surface area contributed by atoms with Gasteiger partial charge < -0.3 is 4.74 Å². The predicted octanol–water partition coefficient (Wildman–Crippen LogP) is 3.81. The van der Waals surface area contributed by atoms with E-state index >= 15 is 0 Å². The molecular formula is C15H13BrN2O. The summed E-state index contributed by atoms with van der Waals surface area (Å²) in [6.07, 6.45) is 1.80. The van der Waals surface area contributed by atoms with Crippen molar-refractivity contribution in [1.82, 2.24) is 9.38 Å². The highest BCUT2D eigenvalue weighted by atomic mass is 79.9. The maximum atomic E-state index is 5.77. The molecule has 3 rings (SSSR count). The van der Waals surface area contributed by atoms with Crippen molar-refractivity contribution in [3.63, 3.8) is 0 Å². The molecule has 0 unspecified atom stereocenters. The molecule has 0 spiro atoms. The van der Waals surface area contributed by atoms with Crippen LogP contribution in [0.25, 0.3) is 5.65 Å². The maximum Gasteiger partial charge on any atom is 0.137 e. The number of benzene rings is 1. The van der Waals surface area contributed by atoms with Gasteiger partial charge in [0.15, 0.2) is 0 Å². The highest BCUT2D eigenvalue weighted by molar-refractivity contribution is 9.10. The Balaban J connectivity index is 1.74. The zero-order valence-electron chi connectivity index (χ0n) is 10.3. The minimum atomic E-state index is 0.557. The zero-order valence-corrected chi connectivity index (χ0v) is 11.9. The fourth-order valence-corrected chi connectivity index (χ4v) is 2.54. The van der Waals surface area contributed by atoms with Crippen molar-refractivity contribution in [1.29, 1.82) is 0 Å². The first-order valence-electron chi connectivity index (χ1n) is 6.07. The number of hydrogen-bond acceptors (Lipinski definition) is 2. The first-order valence-corrected chi connectivity index (χ1v) is 6.86. The molecule has 0 aliphatic carbocycles. The van der Waals surface area contributed by atoms with E-state index in [4.69, 9.17) is 4.74 Å². The number of halogens is 1. The summed E-state index contributed by atoms with van der Waals surface area (Å²) >= 11 is 3.50. The second-order valence-corrected chi connectivity index (χ2v) is 5.08. The van der Waals surface area contributed by atoms with Crippen LogP contribution in [0.15, 0.2) is 59.3 Å². The van der Waals surface area contributed by atoms with Gasteiger partial charge in [0.05, 0.1) is 25.1 Å². The van der Waals surface area contributed by atoms with Crippen molar-refractivity contribution in [3.8, 4) is 0 Å². The van der Waals surface area contributed by atoms with Gasteiger partial charge in [0.2, 0.25) is 0 Å². The van der Waals surface area contributed by atoms with Gasteiger partial charge in [0, 0.05) is 0 Å². The van der Waals surface area contributed by atoms with E-state index in [-0.39, 0.29) is 0 Å². The Morgan fingerprint density at radius 1 is 1.00 bits per heavy atom. The van der Waals surface area contributed by atoms with Crippen LogP contribution in [-0.2, 0) is 18.0 Å². The molecule has 19 heavy (non-hydrogen) atoms. The summed E-state index contributed by atoms with van der Waals surface area (Å²) in [5.41, 5.74) is 3.19. The molecule has 0 bridgehead atoms. The lowest BCUT2D eigenvalue weighted by molar-refractivity contribution is 0.104. The van der Waals surface area contributed by atoms with Crippen LogP contribution in [-0.4, -0.2) is 9.38 Å².